The van der Waals surface area contributed by atoms with Crippen molar-refractivity contribution >= 4 is 15.9 Å². The van der Waals surface area contributed by atoms with Gasteiger partial charge in [-0.3, -0.25) is 4.79 Å². The van der Waals surface area contributed by atoms with Gasteiger partial charge in [0.2, 0.25) is 10.0 Å². The van der Waals surface area contributed by atoms with Gasteiger partial charge >= 0.3 is 17.1 Å². The zero-order valence-electron chi connectivity index (χ0n) is 15.6. The van der Waals surface area contributed by atoms with Crippen molar-refractivity contribution in [3.05, 3.63) is 90.2 Å². The zero-order valence-corrected chi connectivity index (χ0v) is 17.5. The summed E-state index contributed by atoms with van der Waals surface area (Å²) in [7, 11) is -3.88. The Bertz CT molecular complexity index is 964. The van der Waals surface area contributed by atoms with Gasteiger partial charge in [-0.15, -0.1) is 0 Å². The minimum atomic E-state index is -3.88. The second-order valence-corrected chi connectivity index (χ2v) is 8.17. The van der Waals surface area contributed by atoms with Gasteiger partial charge in [-0.1, -0.05) is 17.7 Å². The number of rotatable bonds is 3. The van der Waals surface area contributed by atoms with Crippen molar-refractivity contribution < 1.29 is 34.7 Å². The maximum atomic E-state index is 13.8. The SMILES string of the molecule is O=C([c-]1cccc1)N1CCN(S(=O)(=O)c2ccccc2F)CC1.[Fe+2].c1cc[cH-]c1. The molecule has 154 valence electrons. The third-order valence-electron chi connectivity index (χ3n) is 4.45. The van der Waals surface area contributed by atoms with Crippen molar-refractivity contribution in [3.63, 3.8) is 0 Å². The molecule has 0 aliphatic carbocycles. The van der Waals surface area contributed by atoms with E-state index < -0.39 is 15.8 Å². The van der Waals surface area contributed by atoms with Gasteiger partial charge in [0.05, 0.1) is 0 Å². The molecule has 3 aromatic rings. The Kier molecular flexibility index (Phi) is 8.34. The summed E-state index contributed by atoms with van der Waals surface area (Å²) in [6.07, 6.45) is 0. The van der Waals surface area contributed by atoms with Crippen LogP contribution in [0, 0.1) is 5.82 Å². The van der Waals surface area contributed by atoms with Crippen LogP contribution in [0.3, 0.4) is 0 Å². The molecule has 1 fully saturated rings. The van der Waals surface area contributed by atoms with Gasteiger partial charge in [-0.25, -0.2) is 37.1 Å². The van der Waals surface area contributed by atoms with E-state index in [2.05, 4.69) is 0 Å². The molecule has 0 N–H and O–H groups in total. The van der Waals surface area contributed by atoms with Crippen molar-refractivity contribution in [3.8, 4) is 0 Å². The first-order chi connectivity index (χ1) is 13.5. The maximum Gasteiger partial charge on any atom is 2.00 e. The molecule has 29 heavy (non-hydrogen) atoms. The molecule has 0 radical (unpaired) electrons. The number of nitrogens with zero attached hydrogens (tertiary/aromatic N) is 2. The van der Waals surface area contributed by atoms with E-state index in [-0.39, 0.29) is 54.1 Å². The molecular formula is C21H21FFeN2O3S. The molecule has 5 nitrogen and oxygen atoms in total. The monoisotopic (exact) mass is 456 g/mol. The first kappa shape index (κ1) is 23.0. The van der Waals surface area contributed by atoms with E-state index in [4.69, 9.17) is 0 Å². The molecule has 1 heterocycles. The molecule has 1 aliphatic heterocycles. The second kappa shape index (κ2) is 10.5. The third kappa shape index (κ3) is 5.64. The van der Waals surface area contributed by atoms with E-state index in [9.17, 15) is 17.6 Å². The first-order valence-corrected chi connectivity index (χ1v) is 10.4. The van der Waals surface area contributed by atoms with Crippen molar-refractivity contribution in [2.45, 2.75) is 4.90 Å². The number of piperazine rings is 1. The average molecular weight is 456 g/mol. The first-order valence-electron chi connectivity index (χ1n) is 8.92. The quantitative estimate of drug-likeness (QED) is 0.450. The summed E-state index contributed by atoms with van der Waals surface area (Å²) in [5.74, 6) is -0.874. The minimum absolute atomic E-state index is 0. The van der Waals surface area contributed by atoms with Crippen LogP contribution in [0.15, 0.2) is 83.8 Å². The van der Waals surface area contributed by atoms with Crippen LogP contribution in [0.25, 0.3) is 0 Å². The number of sulfonamides is 1. The largest absolute Gasteiger partial charge is 2.00 e. The van der Waals surface area contributed by atoms with Gasteiger partial charge in [0, 0.05) is 26.2 Å². The van der Waals surface area contributed by atoms with Crippen LogP contribution in [0.5, 0.6) is 0 Å². The predicted molar refractivity (Wildman–Crippen MR) is 105 cm³/mol. The second-order valence-electron chi connectivity index (χ2n) is 6.26. The predicted octanol–water partition coefficient (Wildman–Crippen LogP) is 3.09. The Labute approximate surface area is 181 Å². The van der Waals surface area contributed by atoms with E-state index in [1.807, 2.05) is 30.3 Å². The minimum Gasteiger partial charge on any atom is -0.346 e. The number of hydrogen-bond donors (Lipinski definition) is 0. The number of carbonyl (C=O) groups excluding carboxylic acids is 1. The van der Waals surface area contributed by atoms with Gasteiger partial charge in [-0.05, 0) is 12.1 Å². The van der Waals surface area contributed by atoms with Crippen LogP contribution in [-0.4, -0.2) is 49.7 Å². The fourth-order valence-electron chi connectivity index (χ4n) is 2.94. The molecule has 0 atom stereocenters. The molecule has 0 bridgehead atoms. The van der Waals surface area contributed by atoms with Crippen molar-refractivity contribution in [1.29, 1.82) is 0 Å². The summed E-state index contributed by atoms with van der Waals surface area (Å²) in [5.41, 5.74) is 0.593. The van der Waals surface area contributed by atoms with Crippen molar-refractivity contribution in [1.82, 2.24) is 9.21 Å². The number of halogens is 1. The van der Waals surface area contributed by atoms with Gasteiger partial charge in [0.25, 0.3) is 0 Å². The molecule has 0 unspecified atom stereocenters. The summed E-state index contributed by atoms with van der Waals surface area (Å²) >= 11 is 0. The average Bonchev–Trinajstić information content (AvgIpc) is 3.44. The normalized spacial score (nSPS) is 14.4. The van der Waals surface area contributed by atoms with Crippen LogP contribution in [0.2, 0.25) is 0 Å². The van der Waals surface area contributed by atoms with Gasteiger partial charge in [0.15, 0.2) is 5.91 Å². The van der Waals surface area contributed by atoms with E-state index in [0.29, 0.717) is 5.56 Å². The number of benzene rings is 1. The fourth-order valence-corrected chi connectivity index (χ4v) is 4.43. The molecule has 0 saturated carbocycles. The molecule has 4 rings (SSSR count). The maximum absolute atomic E-state index is 13.8. The van der Waals surface area contributed by atoms with Gasteiger partial charge in [-0.2, -0.15) is 34.6 Å². The van der Waals surface area contributed by atoms with Crippen molar-refractivity contribution in [2.24, 2.45) is 0 Å². The topological polar surface area (TPSA) is 57.7 Å². The summed E-state index contributed by atoms with van der Waals surface area (Å²) in [5, 5.41) is 0. The molecule has 0 aromatic heterocycles. The van der Waals surface area contributed by atoms with Gasteiger partial charge in [0.1, 0.15) is 10.7 Å². The Morgan fingerprint density at radius 3 is 2.03 bits per heavy atom. The molecule has 1 aliphatic rings. The standard InChI is InChI=1S/C16H16FN2O3S.C5H5.Fe/c17-14-7-3-4-8-15(14)23(21,22)19-11-9-18(10-12-19)16(20)13-5-1-2-6-13;1-2-4-5-3-1;/h1-8H,9-12H2;1-5H;/q2*-1;+2. The van der Waals surface area contributed by atoms with Crippen molar-refractivity contribution in [2.75, 3.05) is 26.2 Å². The Morgan fingerprint density at radius 2 is 1.52 bits per heavy atom. The van der Waals surface area contributed by atoms with Crippen LogP contribution in [0.4, 0.5) is 4.39 Å². The summed E-state index contributed by atoms with van der Waals surface area (Å²) in [6.45, 7) is 0.891. The Morgan fingerprint density at radius 1 is 0.931 bits per heavy atom. The molecule has 0 spiro atoms. The number of amides is 1. The Balaban J connectivity index is 0.000000437. The van der Waals surface area contributed by atoms with Crippen LogP contribution >= 0.6 is 0 Å². The molecule has 8 heteroatoms. The number of hydrogen-bond acceptors (Lipinski definition) is 3. The molecule has 1 amide bonds. The summed E-state index contributed by atoms with van der Waals surface area (Å²) < 4.78 is 40.0. The molecule has 3 aromatic carbocycles. The Hall–Kier alpha value is -2.25. The summed E-state index contributed by atoms with van der Waals surface area (Å²) in [4.78, 5) is 13.5. The van der Waals surface area contributed by atoms with E-state index in [1.54, 1.807) is 29.2 Å². The zero-order chi connectivity index (χ0) is 20.0. The van der Waals surface area contributed by atoms with Gasteiger partial charge < -0.3 is 4.90 Å². The third-order valence-corrected chi connectivity index (χ3v) is 6.38. The van der Waals surface area contributed by atoms with Crippen LogP contribution in [-0.2, 0) is 27.1 Å². The number of carbonyl (C=O) groups is 1. The van der Waals surface area contributed by atoms with E-state index in [0.717, 1.165) is 6.07 Å². The smallest absolute Gasteiger partial charge is 0.346 e. The molecular weight excluding hydrogens is 435 g/mol. The molecule has 1 saturated heterocycles. The van der Waals surface area contributed by atoms with Crippen LogP contribution in [0.1, 0.15) is 10.4 Å². The summed E-state index contributed by atoms with van der Waals surface area (Å²) in [6, 6.07) is 22.3. The fraction of sp³-hybridized carbons (Fsp3) is 0.190. The van der Waals surface area contributed by atoms with E-state index >= 15 is 0 Å². The van der Waals surface area contributed by atoms with E-state index in [1.165, 1.54) is 22.5 Å². The van der Waals surface area contributed by atoms with Crippen LogP contribution < -0.4 is 0 Å².